The Morgan fingerprint density at radius 1 is 0.793 bits per heavy atom. The molecule has 7 rings (SSSR count). The van der Waals surface area contributed by atoms with E-state index in [2.05, 4.69) is 77.7 Å². The van der Waals surface area contributed by atoms with Gasteiger partial charge in [0.25, 0.3) is 0 Å². The largest absolute Gasteiger partial charge is 0.461 e. The molecule has 2 heteroatoms. The minimum atomic E-state index is -0.415. The molecule has 142 valence electrons. The molecule has 0 amide bonds. The Morgan fingerprint density at radius 3 is 2.55 bits per heavy atom. The SMILES string of the molecule is c1ccc2c(c1)CCC1=C2N2c3ccccc3O[C@@]23c2ccccc2CC[C@H]3C1. The van der Waals surface area contributed by atoms with Gasteiger partial charge in [0, 0.05) is 17.0 Å². The highest BCUT2D eigenvalue weighted by Gasteiger charge is 2.59. The second-order valence-corrected chi connectivity index (χ2v) is 8.81. The van der Waals surface area contributed by atoms with Crippen LogP contribution >= 0.6 is 0 Å². The molecular weight excluding hydrogens is 354 g/mol. The molecule has 29 heavy (non-hydrogen) atoms. The lowest BCUT2D eigenvalue weighted by Gasteiger charge is -2.53. The monoisotopic (exact) mass is 377 g/mol. The van der Waals surface area contributed by atoms with Crippen molar-refractivity contribution in [3.63, 3.8) is 0 Å². The number of benzene rings is 3. The smallest absolute Gasteiger partial charge is 0.217 e. The van der Waals surface area contributed by atoms with Crippen LogP contribution in [-0.2, 0) is 18.6 Å². The summed E-state index contributed by atoms with van der Waals surface area (Å²) in [6.45, 7) is 0. The van der Waals surface area contributed by atoms with Crippen molar-refractivity contribution in [2.24, 2.45) is 5.92 Å². The first-order valence-electron chi connectivity index (χ1n) is 10.8. The Bertz CT molecular complexity index is 1190. The number of fused-ring (bicyclic) bond motifs is 6. The zero-order chi connectivity index (χ0) is 19.0. The van der Waals surface area contributed by atoms with Crippen LogP contribution in [0.15, 0.2) is 78.4 Å². The van der Waals surface area contributed by atoms with E-state index in [0.717, 1.165) is 25.0 Å². The van der Waals surface area contributed by atoms with E-state index in [0.29, 0.717) is 5.92 Å². The molecule has 2 aliphatic heterocycles. The summed E-state index contributed by atoms with van der Waals surface area (Å²) in [5.41, 5.74) is 9.49. The maximum atomic E-state index is 6.98. The van der Waals surface area contributed by atoms with Crippen LogP contribution < -0.4 is 9.64 Å². The first-order valence-corrected chi connectivity index (χ1v) is 10.8. The number of nitrogens with zero attached hydrogens (tertiary/aromatic N) is 1. The van der Waals surface area contributed by atoms with Crippen LogP contribution in [0.4, 0.5) is 5.69 Å². The third-order valence-electron chi connectivity index (χ3n) is 7.44. The average Bonchev–Trinajstić information content (AvgIpc) is 3.13. The molecule has 0 saturated carbocycles. The van der Waals surface area contributed by atoms with Gasteiger partial charge in [-0.3, -0.25) is 4.90 Å². The Balaban J connectivity index is 1.57. The van der Waals surface area contributed by atoms with E-state index < -0.39 is 5.72 Å². The number of allylic oxidation sites excluding steroid dienone is 1. The normalized spacial score (nSPS) is 25.8. The summed E-state index contributed by atoms with van der Waals surface area (Å²) in [5, 5.41) is 0. The van der Waals surface area contributed by atoms with Gasteiger partial charge in [-0.25, -0.2) is 0 Å². The second-order valence-electron chi connectivity index (χ2n) is 8.81. The lowest BCUT2D eigenvalue weighted by Crippen LogP contribution is -2.56. The van der Waals surface area contributed by atoms with Gasteiger partial charge in [-0.1, -0.05) is 60.7 Å². The van der Waals surface area contributed by atoms with E-state index >= 15 is 0 Å². The molecule has 0 bridgehead atoms. The zero-order valence-electron chi connectivity index (χ0n) is 16.4. The van der Waals surface area contributed by atoms with E-state index in [1.807, 2.05) is 0 Å². The predicted molar refractivity (Wildman–Crippen MR) is 116 cm³/mol. The lowest BCUT2D eigenvalue weighted by atomic mass is 9.68. The number of hydrogen-bond donors (Lipinski definition) is 0. The molecule has 0 fully saturated rings. The van der Waals surface area contributed by atoms with Crippen molar-refractivity contribution >= 4 is 11.4 Å². The highest BCUT2D eigenvalue weighted by atomic mass is 16.5. The van der Waals surface area contributed by atoms with Gasteiger partial charge in [-0.2, -0.15) is 0 Å². The van der Waals surface area contributed by atoms with Crippen molar-refractivity contribution in [2.75, 3.05) is 4.90 Å². The summed E-state index contributed by atoms with van der Waals surface area (Å²) < 4.78 is 6.98. The summed E-state index contributed by atoms with van der Waals surface area (Å²) in [6, 6.07) is 26.6. The van der Waals surface area contributed by atoms with E-state index in [1.54, 1.807) is 5.57 Å². The maximum absolute atomic E-state index is 6.98. The van der Waals surface area contributed by atoms with Crippen LogP contribution in [0.3, 0.4) is 0 Å². The lowest BCUT2D eigenvalue weighted by molar-refractivity contribution is 0.0104. The Labute approximate surface area is 171 Å². The number of hydrogen-bond acceptors (Lipinski definition) is 2. The van der Waals surface area contributed by atoms with Crippen molar-refractivity contribution in [3.05, 3.63) is 101 Å². The first kappa shape index (κ1) is 15.9. The van der Waals surface area contributed by atoms with E-state index in [-0.39, 0.29) is 0 Å². The summed E-state index contributed by atoms with van der Waals surface area (Å²) in [4.78, 5) is 2.59. The molecule has 2 nitrogen and oxygen atoms in total. The fraction of sp³-hybridized carbons (Fsp3) is 0.259. The van der Waals surface area contributed by atoms with Crippen LogP contribution in [0.1, 0.15) is 41.5 Å². The summed E-state index contributed by atoms with van der Waals surface area (Å²) in [7, 11) is 0. The van der Waals surface area contributed by atoms with Crippen molar-refractivity contribution in [2.45, 2.75) is 37.8 Å². The molecule has 3 aromatic rings. The molecular formula is C27H23NO. The van der Waals surface area contributed by atoms with Crippen molar-refractivity contribution in [1.82, 2.24) is 0 Å². The molecule has 0 N–H and O–H groups in total. The van der Waals surface area contributed by atoms with Crippen LogP contribution in [0.5, 0.6) is 5.75 Å². The highest BCUT2D eigenvalue weighted by molar-refractivity contribution is 5.90. The van der Waals surface area contributed by atoms with Crippen LogP contribution in [0.25, 0.3) is 5.70 Å². The van der Waals surface area contributed by atoms with Gasteiger partial charge in [-0.15, -0.1) is 0 Å². The van der Waals surface area contributed by atoms with Crippen LogP contribution in [0, 0.1) is 5.92 Å². The molecule has 0 aromatic heterocycles. The molecule has 1 spiro atoms. The predicted octanol–water partition coefficient (Wildman–Crippen LogP) is 6.06. The van der Waals surface area contributed by atoms with Gasteiger partial charge in [0.2, 0.25) is 5.72 Å². The number of ether oxygens (including phenoxy) is 1. The van der Waals surface area contributed by atoms with Gasteiger partial charge in [-0.05, 0) is 60.9 Å². The van der Waals surface area contributed by atoms with E-state index in [4.69, 9.17) is 4.74 Å². The quantitative estimate of drug-likeness (QED) is 0.472. The van der Waals surface area contributed by atoms with Crippen molar-refractivity contribution in [1.29, 1.82) is 0 Å². The molecule has 3 aromatic carbocycles. The topological polar surface area (TPSA) is 12.5 Å². The Kier molecular flexibility index (Phi) is 3.03. The van der Waals surface area contributed by atoms with Gasteiger partial charge in [0.1, 0.15) is 5.75 Å². The molecule has 4 aliphatic rings. The molecule has 2 heterocycles. The van der Waals surface area contributed by atoms with Crippen LogP contribution in [-0.4, -0.2) is 0 Å². The van der Waals surface area contributed by atoms with E-state index in [1.165, 1.54) is 46.5 Å². The molecule has 2 aliphatic carbocycles. The fourth-order valence-electron chi connectivity index (χ4n) is 6.26. The number of para-hydroxylation sites is 2. The molecule has 2 atom stereocenters. The first-order chi connectivity index (χ1) is 14.4. The van der Waals surface area contributed by atoms with Gasteiger partial charge < -0.3 is 4.74 Å². The summed E-state index contributed by atoms with van der Waals surface area (Å²) in [5.74, 6) is 1.50. The maximum Gasteiger partial charge on any atom is 0.217 e. The zero-order valence-corrected chi connectivity index (χ0v) is 16.4. The third kappa shape index (κ3) is 1.92. The Morgan fingerprint density at radius 2 is 1.59 bits per heavy atom. The third-order valence-corrected chi connectivity index (χ3v) is 7.44. The second kappa shape index (κ2) is 5.54. The summed E-state index contributed by atoms with van der Waals surface area (Å²) >= 11 is 0. The average molecular weight is 377 g/mol. The number of anilines is 1. The molecule has 0 saturated heterocycles. The fourth-order valence-corrected chi connectivity index (χ4v) is 6.26. The van der Waals surface area contributed by atoms with Crippen LogP contribution in [0.2, 0.25) is 0 Å². The highest BCUT2D eigenvalue weighted by Crippen LogP contribution is 2.62. The van der Waals surface area contributed by atoms with Gasteiger partial charge in [0.15, 0.2) is 0 Å². The molecule has 0 radical (unpaired) electrons. The van der Waals surface area contributed by atoms with Crippen molar-refractivity contribution in [3.8, 4) is 5.75 Å². The van der Waals surface area contributed by atoms with E-state index in [9.17, 15) is 0 Å². The number of aryl methyl sites for hydroxylation is 2. The van der Waals surface area contributed by atoms with Crippen molar-refractivity contribution < 1.29 is 4.74 Å². The van der Waals surface area contributed by atoms with Gasteiger partial charge >= 0.3 is 0 Å². The van der Waals surface area contributed by atoms with Gasteiger partial charge in [0.05, 0.1) is 11.4 Å². The minimum absolute atomic E-state index is 0.415. The molecule has 0 unspecified atom stereocenters. The number of rotatable bonds is 0. The standard InChI is InChI=1S/C27H23NO/c1-3-9-22-18(7-1)13-14-20-17-21-16-15-19-8-2-4-10-23(19)27(21)28(26(20)22)24-11-5-6-12-25(24)29-27/h1-12,21H,13-17H2/t21-,27-/m0/s1. The summed E-state index contributed by atoms with van der Waals surface area (Å²) in [6.07, 6.45) is 5.79. The Hall–Kier alpha value is -3.00. The minimum Gasteiger partial charge on any atom is -0.461 e.